The van der Waals surface area contributed by atoms with Crippen LogP contribution in [-0.4, -0.2) is 34.3 Å². The summed E-state index contributed by atoms with van der Waals surface area (Å²) in [6.45, 7) is 8.93. The zero-order chi connectivity index (χ0) is 11.4. The molecule has 0 unspecified atom stereocenters. The summed E-state index contributed by atoms with van der Waals surface area (Å²) in [5.74, 6) is 0.155. The number of carbonyl (C=O) groups excluding carboxylic acids is 1. The van der Waals surface area contributed by atoms with Crippen LogP contribution in [0.15, 0.2) is 18.3 Å². The first-order valence-electron chi connectivity index (χ1n) is 5.44. The fourth-order valence-corrected chi connectivity index (χ4v) is 1.72. The number of aromatic nitrogens is 1. The van der Waals surface area contributed by atoms with Crippen LogP contribution in [0.1, 0.15) is 38.2 Å². The maximum Gasteiger partial charge on any atom is 0.192 e. The van der Waals surface area contributed by atoms with Crippen molar-refractivity contribution in [2.75, 3.05) is 6.54 Å². The summed E-state index contributed by atoms with van der Waals surface area (Å²) in [6, 6.07) is 4.46. The van der Waals surface area contributed by atoms with Crippen LogP contribution in [0.3, 0.4) is 0 Å². The number of rotatable bonds is 5. The molecule has 1 aromatic heterocycles. The van der Waals surface area contributed by atoms with Gasteiger partial charge in [0, 0.05) is 18.3 Å². The minimum absolute atomic E-state index is 0.155. The van der Waals surface area contributed by atoms with Gasteiger partial charge in [0.25, 0.3) is 0 Å². The smallest absolute Gasteiger partial charge is 0.192 e. The molecule has 0 aliphatic heterocycles. The largest absolute Gasteiger partial charge is 0.359 e. The van der Waals surface area contributed by atoms with E-state index in [1.54, 1.807) is 6.20 Å². The van der Waals surface area contributed by atoms with Crippen molar-refractivity contribution in [2.45, 2.75) is 39.8 Å². The number of hydrogen-bond acceptors (Lipinski definition) is 2. The van der Waals surface area contributed by atoms with Crippen LogP contribution >= 0.6 is 0 Å². The summed E-state index contributed by atoms with van der Waals surface area (Å²) in [5, 5.41) is 0. The Morgan fingerprint density at radius 1 is 1.33 bits per heavy atom. The highest BCUT2D eigenvalue weighted by molar-refractivity contribution is 5.95. The van der Waals surface area contributed by atoms with Gasteiger partial charge in [0.15, 0.2) is 5.78 Å². The molecular formula is C12H20N2O. The van der Waals surface area contributed by atoms with Gasteiger partial charge in [-0.1, -0.05) is 0 Å². The normalized spacial score (nSPS) is 11.7. The first-order valence-corrected chi connectivity index (χ1v) is 5.44. The molecule has 0 saturated carbocycles. The Bertz CT molecular complexity index is 293. The Kier molecular flexibility index (Phi) is 4.09. The minimum atomic E-state index is 0.155. The van der Waals surface area contributed by atoms with E-state index in [0.29, 0.717) is 24.3 Å². The number of H-pyrrole nitrogens is 1. The van der Waals surface area contributed by atoms with Gasteiger partial charge in [0.1, 0.15) is 0 Å². The molecule has 0 radical (unpaired) electrons. The number of nitrogens with one attached hydrogen (secondary N) is 1. The van der Waals surface area contributed by atoms with E-state index < -0.39 is 0 Å². The van der Waals surface area contributed by atoms with Gasteiger partial charge in [-0.25, -0.2) is 0 Å². The second-order valence-corrected chi connectivity index (χ2v) is 4.37. The summed E-state index contributed by atoms with van der Waals surface area (Å²) < 4.78 is 0. The molecule has 84 valence electrons. The predicted octanol–water partition coefficient (Wildman–Crippen LogP) is 2.32. The molecule has 0 spiro atoms. The Labute approximate surface area is 91.5 Å². The van der Waals surface area contributed by atoms with Gasteiger partial charge in [-0.05, 0) is 39.8 Å². The highest BCUT2D eigenvalue weighted by Crippen LogP contribution is 2.07. The molecule has 1 heterocycles. The molecule has 0 aliphatic rings. The van der Waals surface area contributed by atoms with Crippen molar-refractivity contribution in [3.8, 4) is 0 Å². The second-order valence-electron chi connectivity index (χ2n) is 4.37. The van der Waals surface area contributed by atoms with E-state index in [2.05, 4.69) is 37.6 Å². The van der Waals surface area contributed by atoms with Crippen LogP contribution in [0, 0.1) is 0 Å². The van der Waals surface area contributed by atoms with Gasteiger partial charge in [0.05, 0.1) is 12.2 Å². The number of ketones is 1. The fraction of sp³-hybridized carbons (Fsp3) is 0.583. The van der Waals surface area contributed by atoms with Crippen LogP contribution in [0.25, 0.3) is 0 Å². The summed E-state index contributed by atoms with van der Waals surface area (Å²) in [6.07, 6.45) is 1.78. The number of aromatic amines is 1. The zero-order valence-electron chi connectivity index (χ0n) is 9.95. The topological polar surface area (TPSA) is 36.1 Å². The van der Waals surface area contributed by atoms with E-state index in [1.165, 1.54) is 0 Å². The number of hydrogen-bond donors (Lipinski definition) is 1. The summed E-state index contributed by atoms with van der Waals surface area (Å²) in [7, 11) is 0. The monoisotopic (exact) mass is 208 g/mol. The maximum absolute atomic E-state index is 11.9. The SMILES string of the molecule is CC(C)N(CC(=O)c1ccc[nH]1)C(C)C. The van der Waals surface area contributed by atoms with Gasteiger partial charge >= 0.3 is 0 Å². The number of Topliss-reactive ketones (excluding diaryl/α,β-unsaturated/α-hetero) is 1. The third kappa shape index (κ3) is 3.20. The molecule has 0 bridgehead atoms. The van der Waals surface area contributed by atoms with E-state index in [-0.39, 0.29) is 5.78 Å². The minimum Gasteiger partial charge on any atom is -0.359 e. The second kappa shape index (κ2) is 5.12. The molecule has 1 N–H and O–H groups in total. The molecule has 0 atom stereocenters. The number of carbonyl (C=O) groups is 1. The standard InChI is InChI=1S/C12H20N2O/c1-9(2)14(10(3)4)8-12(15)11-6-5-7-13-11/h5-7,9-10,13H,8H2,1-4H3. The van der Waals surface area contributed by atoms with E-state index in [1.807, 2.05) is 12.1 Å². The van der Waals surface area contributed by atoms with Gasteiger partial charge in [-0.2, -0.15) is 0 Å². The Morgan fingerprint density at radius 3 is 2.33 bits per heavy atom. The molecule has 0 aromatic carbocycles. The average Bonchev–Trinajstić information content (AvgIpc) is 2.65. The molecule has 1 rings (SSSR count). The van der Waals surface area contributed by atoms with Crippen molar-refractivity contribution < 1.29 is 4.79 Å². The van der Waals surface area contributed by atoms with Crippen molar-refractivity contribution in [3.63, 3.8) is 0 Å². The van der Waals surface area contributed by atoms with Crippen LogP contribution in [0.5, 0.6) is 0 Å². The van der Waals surface area contributed by atoms with Gasteiger partial charge in [-0.3, -0.25) is 9.69 Å². The molecular weight excluding hydrogens is 188 g/mol. The molecule has 15 heavy (non-hydrogen) atoms. The van der Waals surface area contributed by atoms with Crippen LogP contribution in [-0.2, 0) is 0 Å². The quantitative estimate of drug-likeness (QED) is 0.754. The molecule has 0 fully saturated rings. The fourth-order valence-electron chi connectivity index (χ4n) is 1.72. The third-order valence-electron chi connectivity index (χ3n) is 2.55. The van der Waals surface area contributed by atoms with Crippen molar-refractivity contribution in [2.24, 2.45) is 0 Å². The Balaban J connectivity index is 2.63. The summed E-state index contributed by atoms with van der Waals surface area (Å²) >= 11 is 0. The molecule has 0 amide bonds. The Morgan fingerprint density at radius 2 is 1.93 bits per heavy atom. The van der Waals surface area contributed by atoms with E-state index in [9.17, 15) is 4.79 Å². The molecule has 3 nitrogen and oxygen atoms in total. The van der Waals surface area contributed by atoms with Crippen LogP contribution < -0.4 is 0 Å². The molecule has 1 aromatic rings. The molecule has 3 heteroatoms. The van der Waals surface area contributed by atoms with Crippen molar-refractivity contribution in [1.29, 1.82) is 0 Å². The highest BCUT2D eigenvalue weighted by Gasteiger charge is 2.18. The van der Waals surface area contributed by atoms with Crippen LogP contribution in [0.2, 0.25) is 0 Å². The lowest BCUT2D eigenvalue weighted by molar-refractivity contribution is 0.0862. The van der Waals surface area contributed by atoms with E-state index in [0.717, 1.165) is 0 Å². The van der Waals surface area contributed by atoms with Crippen molar-refractivity contribution in [3.05, 3.63) is 24.0 Å². The van der Waals surface area contributed by atoms with Gasteiger partial charge in [-0.15, -0.1) is 0 Å². The third-order valence-corrected chi connectivity index (χ3v) is 2.55. The zero-order valence-corrected chi connectivity index (χ0v) is 9.95. The predicted molar refractivity (Wildman–Crippen MR) is 62.1 cm³/mol. The van der Waals surface area contributed by atoms with Crippen molar-refractivity contribution >= 4 is 5.78 Å². The number of nitrogens with zero attached hydrogens (tertiary/aromatic N) is 1. The van der Waals surface area contributed by atoms with Gasteiger partial charge in [0.2, 0.25) is 0 Å². The van der Waals surface area contributed by atoms with Crippen molar-refractivity contribution in [1.82, 2.24) is 9.88 Å². The Hall–Kier alpha value is -1.09. The summed E-state index contributed by atoms with van der Waals surface area (Å²) in [4.78, 5) is 17.0. The summed E-state index contributed by atoms with van der Waals surface area (Å²) in [5.41, 5.74) is 0.696. The van der Waals surface area contributed by atoms with Gasteiger partial charge < -0.3 is 4.98 Å². The first-order chi connectivity index (χ1) is 7.02. The lowest BCUT2D eigenvalue weighted by Gasteiger charge is -2.29. The van der Waals surface area contributed by atoms with E-state index in [4.69, 9.17) is 0 Å². The maximum atomic E-state index is 11.9. The van der Waals surface area contributed by atoms with E-state index >= 15 is 0 Å². The lowest BCUT2D eigenvalue weighted by atomic mass is 10.2. The lowest BCUT2D eigenvalue weighted by Crippen LogP contribution is -2.40. The average molecular weight is 208 g/mol. The first kappa shape index (κ1) is 12.0. The van der Waals surface area contributed by atoms with Crippen LogP contribution in [0.4, 0.5) is 0 Å². The molecule has 0 saturated heterocycles. The highest BCUT2D eigenvalue weighted by atomic mass is 16.1. The molecule has 0 aliphatic carbocycles.